The molecule has 36 heavy (non-hydrogen) atoms. The molecule has 1 aromatic carbocycles. The van der Waals surface area contributed by atoms with Crippen LogP contribution in [0.15, 0.2) is 36.5 Å². The van der Waals surface area contributed by atoms with Gasteiger partial charge in [0.1, 0.15) is 6.10 Å². The first-order valence-electron chi connectivity index (χ1n) is 12.6. The van der Waals surface area contributed by atoms with Crippen molar-refractivity contribution in [1.29, 1.82) is 0 Å². The van der Waals surface area contributed by atoms with E-state index in [2.05, 4.69) is 25.4 Å². The molecule has 9 heteroatoms. The summed E-state index contributed by atoms with van der Waals surface area (Å²) in [7, 11) is 0. The van der Waals surface area contributed by atoms with E-state index in [4.69, 9.17) is 4.74 Å². The maximum absolute atomic E-state index is 15.1. The van der Waals surface area contributed by atoms with Gasteiger partial charge in [0.25, 0.3) is 5.92 Å². The number of fused-ring (bicyclic) bond motifs is 1. The number of halogens is 2. The van der Waals surface area contributed by atoms with Gasteiger partial charge < -0.3 is 20.1 Å². The van der Waals surface area contributed by atoms with Gasteiger partial charge >= 0.3 is 0 Å². The first kappa shape index (κ1) is 24.8. The first-order chi connectivity index (χ1) is 17.1. The topological polar surface area (TPSA) is 83.4 Å². The van der Waals surface area contributed by atoms with E-state index in [1.807, 2.05) is 39.1 Å². The second-order valence-electron chi connectivity index (χ2n) is 10.3. The zero-order valence-electron chi connectivity index (χ0n) is 21.0. The Hall–Kier alpha value is -2.91. The number of rotatable bonds is 6. The number of aryl methyl sites for hydroxylation is 1. The van der Waals surface area contributed by atoms with Crippen molar-refractivity contribution in [2.24, 2.45) is 0 Å². The lowest BCUT2D eigenvalue weighted by molar-refractivity contribution is -0.122. The molecule has 7 nitrogen and oxygen atoms in total. The number of anilines is 2. The third-order valence-corrected chi connectivity index (χ3v) is 7.44. The van der Waals surface area contributed by atoms with Crippen LogP contribution in [0.25, 0.3) is 10.9 Å². The molecular weight excluding hydrogens is 464 g/mol. The minimum absolute atomic E-state index is 0.0367. The summed E-state index contributed by atoms with van der Waals surface area (Å²) in [6, 6.07) is 8.26. The zero-order valence-corrected chi connectivity index (χ0v) is 21.0. The Morgan fingerprint density at radius 2 is 2.00 bits per heavy atom. The van der Waals surface area contributed by atoms with Crippen LogP contribution in [0.2, 0.25) is 0 Å². The first-order valence-corrected chi connectivity index (χ1v) is 12.6. The number of ether oxygens (including phenoxy) is 1. The lowest BCUT2D eigenvalue weighted by atomic mass is 9.93. The number of pyridine rings is 1. The molecule has 2 N–H and O–H groups in total. The van der Waals surface area contributed by atoms with Gasteiger partial charge in [0, 0.05) is 30.6 Å². The maximum Gasteiger partial charge on any atom is 0.298 e. The molecule has 0 aliphatic carbocycles. The molecule has 0 spiro atoms. The average Bonchev–Trinajstić information content (AvgIpc) is 3.42. The van der Waals surface area contributed by atoms with Crippen molar-refractivity contribution in [3.63, 3.8) is 0 Å². The van der Waals surface area contributed by atoms with E-state index in [0.29, 0.717) is 38.1 Å². The normalized spacial score (nSPS) is 21.1. The largest absolute Gasteiger partial charge is 0.390 e. The third-order valence-electron chi connectivity index (χ3n) is 7.44. The van der Waals surface area contributed by atoms with Crippen molar-refractivity contribution in [3.8, 4) is 0 Å². The van der Waals surface area contributed by atoms with Gasteiger partial charge in [-0.05, 0) is 64.2 Å². The highest BCUT2D eigenvalue weighted by atomic mass is 19.3. The molecule has 0 saturated carbocycles. The van der Waals surface area contributed by atoms with Crippen molar-refractivity contribution in [1.82, 2.24) is 15.2 Å². The number of piperidine rings is 1. The van der Waals surface area contributed by atoms with Gasteiger partial charge in [-0.15, -0.1) is 5.10 Å². The predicted molar refractivity (Wildman–Crippen MR) is 135 cm³/mol. The fraction of sp³-hybridized carbons (Fsp3) is 0.519. The third kappa shape index (κ3) is 4.86. The van der Waals surface area contributed by atoms with Crippen LogP contribution < -0.4 is 10.2 Å². The Morgan fingerprint density at radius 3 is 2.72 bits per heavy atom. The molecule has 0 amide bonds. The molecule has 4 heterocycles. The molecule has 2 saturated heterocycles. The molecular formula is C27H33F2N5O2. The molecule has 2 aliphatic rings. The van der Waals surface area contributed by atoms with Gasteiger partial charge in [-0.2, -0.15) is 13.9 Å². The highest BCUT2D eigenvalue weighted by Gasteiger charge is 2.44. The summed E-state index contributed by atoms with van der Waals surface area (Å²) in [4.78, 5) is 6.88. The standard InChI is InChI=1S/C27H33F2N5O2/c1-17(19-6-4-7-20(14-19)27(28,29)23-8-5-13-36-23)31-25-22-15-21(16-30-24(22)18(2)32-33-25)34-11-9-26(3,35)10-12-34/h4,6-7,14-17,23,35H,5,8-13H2,1-3H3,(H,31,33)/t17-,23?/m1/s1. The number of hydrogen-bond donors (Lipinski definition) is 2. The van der Waals surface area contributed by atoms with E-state index < -0.39 is 17.6 Å². The smallest absolute Gasteiger partial charge is 0.298 e. The van der Waals surface area contributed by atoms with Gasteiger partial charge in [-0.25, -0.2) is 0 Å². The second-order valence-corrected chi connectivity index (χ2v) is 10.3. The van der Waals surface area contributed by atoms with Gasteiger partial charge in [-0.3, -0.25) is 4.98 Å². The predicted octanol–water partition coefficient (Wildman–Crippen LogP) is 5.13. The van der Waals surface area contributed by atoms with Gasteiger partial charge in [0.2, 0.25) is 0 Å². The molecule has 1 unspecified atom stereocenters. The van der Waals surface area contributed by atoms with E-state index >= 15 is 8.78 Å². The number of aliphatic hydroxyl groups is 1. The summed E-state index contributed by atoms with van der Waals surface area (Å²) >= 11 is 0. The van der Waals surface area contributed by atoms with Crippen molar-refractivity contribution in [2.75, 3.05) is 29.9 Å². The molecule has 2 aliphatic heterocycles. The monoisotopic (exact) mass is 497 g/mol. The van der Waals surface area contributed by atoms with Crippen molar-refractivity contribution in [3.05, 3.63) is 53.3 Å². The number of nitrogens with one attached hydrogen (secondary N) is 1. The van der Waals surface area contributed by atoms with E-state index in [1.165, 1.54) is 6.07 Å². The number of aromatic nitrogens is 3. The van der Waals surface area contributed by atoms with Crippen LogP contribution in [0, 0.1) is 6.92 Å². The van der Waals surface area contributed by atoms with Gasteiger partial charge in [0.15, 0.2) is 5.82 Å². The van der Waals surface area contributed by atoms with Crippen LogP contribution in [-0.2, 0) is 10.7 Å². The summed E-state index contributed by atoms with van der Waals surface area (Å²) in [5, 5.41) is 23.2. The Kier molecular flexibility index (Phi) is 6.55. The highest BCUT2D eigenvalue weighted by molar-refractivity contribution is 5.92. The SMILES string of the molecule is Cc1nnc(N[C@H](C)c2cccc(C(F)(F)C3CCCO3)c2)c2cc(N3CCC(C)(O)CC3)cnc12. The fourth-order valence-electron chi connectivity index (χ4n) is 5.03. The quantitative estimate of drug-likeness (QED) is 0.489. The summed E-state index contributed by atoms with van der Waals surface area (Å²) in [5.41, 5.74) is 2.47. The highest BCUT2D eigenvalue weighted by Crippen LogP contribution is 2.39. The average molecular weight is 498 g/mol. The fourth-order valence-corrected chi connectivity index (χ4v) is 5.03. The molecule has 192 valence electrons. The van der Waals surface area contributed by atoms with E-state index in [9.17, 15) is 5.11 Å². The Morgan fingerprint density at radius 1 is 1.22 bits per heavy atom. The Balaban J connectivity index is 1.41. The van der Waals surface area contributed by atoms with Gasteiger partial charge in [-0.1, -0.05) is 18.2 Å². The minimum atomic E-state index is -3.04. The van der Waals surface area contributed by atoms with E-state index in [-0.39, 0.29) is 11.6 Å². The Labute approximate surface area is 209 Å². The Bertz CT molecular complexity index is 1240. The summed E-state index contributed by atoms with van der Waals surface area (Å²) in [5.74, 6) is -2.49. The van der Waals surface area contributed by atoms with Crippen LogP contribution in [0.4, 0.5) is 20.3 Å². The molecule has 5 rings (SSSR count). The maximum atomic E-state index is 15.1. The van der Waals surface area contributed by atoms with Crippen molar-refractivity contribution in [2.45, 2.75) is 70.1 Å². The summed E-state index contributed by atoms with van der Waals surface area (Å²) < 4.78 is 35.4. The van der Waals surface area contributed by atoms with Gasteiger partial charge in [0.05, 0.1) is 34.7 Å². The lowest BCUT2D eigenvalue weighted by Crippen LogP contribution is -2.42. The molecule has 0 bridgehead atoms. The van der Waals surface area contributed by atoms with E-state index in [0.717, 1.165) is 40.9 Å². The molecule has 3 aromatic rings. The lowest BCUT2D eigenvalue weighted by Gasteiger charge is -2.37. The second kappa shape index (κ2) is 9.52. The minimum Gasteiger partial charge on any atom is -0.390 e. The molecule has 2 fully saturated rings. The molecule has 2 atom stereocenters. The van der Waals surface area contributed by atoms with Crippen LogP contribution in [0.1, 0.15) is 62.4 Å². The van der Waals surface area contributed by atoms with Crippen LogP contribution in [0.3, 0.4) is 0 Å². The number of benzene rings is 1. The summed E-state index contributed by atoms with van der Waals surface area (Å²) in [6.45, 7) is 7.51. The number of hydrogen-bond acceptors (Lipinski definition) is 7. The molecule has 0 radical (unpaired) electrons. The van der Waals surface area contributed by atoms with Crippen LogP contribution in [-0.4, -0.2) is 51.7 Å². The van der Waals surface area contributed by atoms with E-state index in [1.54, 1.807) is 12.1 Å². The number of alkyl halides is 2. The summed E-state index contributed by atoms with van der Waals surface area (Å²) in [6.07, 6.45) is 3.15. The van der Waals surface area contributed by atoms with Crippen molar-refractivity contribution < 1.29 is 18.6 Å². The molecule has 2 aromatic heterocycles. The van der Waals surface area contributed by atoms with Crippen LogP contribution >= 0.6 is 0 Å². The zero-order chi connectivity index (χ0) is 25.5. The van der Waals surface area contributed by atoms with Crippen molar-refractivity contribution >= 4 is 22.4 Å². The van der Waals surface area contributed by atoms with Crippen LogP contribution in [0.5, 0.6) is 0 Å². The number of nitrogens with zero attached hydrogens (tertiary/aromatic N) is 4.